The minimum atomic E-state index is -3.38. The van der Waals surface area contributed by atoms with Crippen molar-refractivity contribution in [3.05, 3.63) is 0 Å². The lowest BCUT2D eigenvalue weighted by atomic mass is 10.0. The lowest BCUT2D eigenvalue weighted by Gasteiger charge is -2.22. The van der Waals surface area contributed by atoms with Crippen LogP contribution < -0.4 is 5.14 Å². The van der Waals surface area contributed by atoms with Crippen molar-refractivity contribution in [2.75, 3.05) is 32.2 Å². The molecular weight excluding hydrogens is 230 g/mol. The van der Waals surface area contributed by atoms with Crippen LogP contribution in [0, 0.1) is 11.8 Å². The predicted octanol–water partition coefficient (Wildman–Crippen LogP) is 0.354. The molecule has 1 heterocycles. The van der Waals surface area contributed by atoms with Crippen LogP contribution in [0.4, 0.5) is 0 Å². The molecule has 1 rings (SSSR count). The van der Waals surface area contributed by atoms with Crippen molar-refractivity contribution in [3.63, 3.8) is 0 Å². The molecule has 0 spiro atoms. The number of nitrogens with two attached hydrogens (primary N) is 1. The molecule has 1 aliphatic rings. The molecule has 1 atom stereocenters. The maximum atomic E-state index is 10.8. The molecule has 0 aromatic carbocycles. The zero-order valence-electron chi connectivity index (χ0n) is 9.72. The Morgan fingerprint density at radius 1 is 1.44 bits per heavy atom. The Bertz CT molecular complexity index is 285. The molecule has 1 unspecified atom stereocenters. The molecule has 16 heavy (non-hydrogen) atoms. The van der Waals surface area contributed by atoms with Gasteiger partial charge in [0.2, 0.25) is 10.0 Å². The Balaban J connectivity index is 2.10. The van der Waals surface area contributed by atoms with E-state index in [2.05, 4.69) is 0 Å². The van der Waals surface area contributed by atoms with Gasteiger partial charge in [-0.15, -0.1) is 0 Å². The van der Waals surface area contributed by atoms with Crippen LogP contribution in [-0.4, -0.2) is 40.6 Å². The number of primary sulfonamides is 1. The first-order valence-electron chi connectivity index (χ1n) is 5.63. The van der Waals surface area contributed by atoms with Crippen LogP contribution in [0.5, 0.6) is 0 Å². The SMILES string of the molecule is CC(COCC1CCOCC1)CS(N)(=O)=O. The first-order valence-corrected chi connectivity index (χ1v) is 7.35. The molecule has 0 bridgehead atoms. The standard InChI is InChI=1S/C10H21NO4S/c1-9(8-16(11,12)13)6-15-7-10-2-4-14-5-3-10/h9-10H,2-8H2,1H3,(H2,11,12,13). The molecule has 1 saturated heterocycles. The third-order valence-electron chi connectivity index (χ3n) is 2.61. The predicted molar refractivity (Wildman–Crippen MR) is 61.5 cm³/mol. The van der Waals surface area contributed by atoms with Gasteiger partial charge in [0.15, 0.2) is 0 Å². The van der Waals surface area contributed by atoms with Gasteiger partial charge in [0.05, 0.1) is 12.4 Å². The highest BCUT2D eigenvalue weighted by Gasteiger charge is 2.15. The van der Waals surface area contributed by atoms with Gasteiger partial charge in [0, 0.05) is 19.8 Å². The van der Waals surface area contributed by atoms with Crippen LogP contribution in [-0.2, 0) is 19.5 Å². The molecule has 5 nitrogen and oxygen atoms in total. The van der Waals surface area contributed by atoms with E-state index in [-0.39, 0.29) is 11.7 Å². The highest BCUT2D eigenvalue weighted by molar-refractivity contribution is 7.89. The fourth-order valence-electron chi connectivity index (χ4n) is 1.79. The number of hydrogen-bond donors (Lipinski definition) is 1. The number of rotatable bonds is 6. The van der Waals surface area contributed by atoms with Gasteiger partial charge in [-0.2, -0.15) is 0 Å². The lowest BCUT2D eigenvalue weighted by molar-refractivity contribution is 0.0145. The van der Waals surface area contributed by atoms with Crippen LogP contribution >= 0.6 is 0 Å². The maximum Gasteiger partial charge on any atom is 0.209 e. The summed E-state index contributed by atoms with van der Waals surface area (Å²) < 4.78 is 32.4. The third kappa shape index (κ3) is 6.42. The normalized spacial score (nSPS) is 20.9. The second-order valence-electron chi connectivity index (χ2n) is 4.53. The molecule has 1 aliphatic heterocycles. The largest absolute Gasteiger partial charge is 0.381 e. The number of hydrogen-bond acceptors (Lipinski definition) is 4. The van der Waals surface area contributed by atoms with Gasteiger partial charge in [-0.1, -0.05) is 6.92 Å². The molecule has 96 valence electrons. The molecule has 1 fully saturated rings. The van der Waals surface area contributed by atoms with E-state index in [9.17, 15) is 8.42 Å². The molecule has 0 saturated carbocycles. The van der Waals surface area contributed by atoms with Crippen LogP contribution in [0.25, 0.3) is 0 Å². The van der Waals surface area contributed by atoms with Gasteiger partial charge >= 0.3 is 0 Å². The van der Waals surface area contributed by atoms with E-state index in [4.69, 9.17) is 14.6 Å². The zero-order valence-corrected chi connectivity index (χ0v) is 10.5. The lowest BCUT2D eigenvalue weighted by Crippen LogP contribution is -2.26. The fraction of sp³-hybridized carbons (Fsp3) is 1.00. The first-order chi connectivity index (χ1) is 7.47. The van der Waals surface area contributed by atoms with E-state index in [1.54, 1.807) is 0 Å². The summed E-state index contributed by atoms with van der Waals surface area (Å²) in [5.74, 6) is 0.492. The maximum absolute atomic E-state index is 10.8. The Morgan fingerprint density at radius 3 is 2.62 bits per heavy atom. The summed E-state index contributed by atoms with van der Waals surface area (Å²) in [6.07, 6.45) is 2.06. The quantitative estimate of drug-likeness (QED) is 0.739. The van der Waals surface area contributed by atoms with Crippen molar-refractivity contribution >= 4 is 10.0 Å². The smallest absolute Gasteiger partial charge is 0.209 e. The molecule has 0 amide bonds. The summed E-state index contributed by atoms with van der Waals surface area (Å²) in [5.41, 5.74) is 0. The van der Waals surface area contributed by atoms with E-state index in [0.29, 0.717) is 19.1 Å². The highest BCUT2D eigenvalue weighted by Crippen LogP contribution is 2.15. The molecule has 0 radical (unpaired) electrons. The molecule has 0 aliphatic carbocycles. The average Bonchev–Trinajstić information content (AvgIpc) is 2.16. The van der Waals surface area contributed by atoms with E-state index < -0.39 is 10.0 Å². The summed E-state index contributed by atoms with van der Waals surface area (Å²) in [7, 11) is -3.38. The van der Waals surface area contributed by atoms with Crippen molar-refractivity contribution < 1.29 is 17.9 Å². The Kier molecular flexibility index (Phi) is 5.68. The van der Waals surface area contributed by atoms with Gasteiger partial charge in [-0.25, -0.2) is 13.6 Å². The summed E-state index contributed by atoms with van der Waals surface area (Å²) in [5, 5.41) is 4.95. The van der Waals surface area contributed by atoms with E-state index >= 15 is 0 Å². The Morgan fingerprint density at radius 2 is 2.06 bits per heavy atom. The Hall–Kier alpha value is -0.170. The van der Waals surface area contributed by atoms with Gasteiger partial charge in [0.25, 0.3) is 0 Å². The minimum Gasteiger partial charge on any atom is -0.381 e. The third-order valence-corrected chi connectivity index (χ3v) is 3.65. The van der Waals surface area contributed by atoms with Crippen molar-refractivity contribution in [2.24, 2.45) is 17.0 Å². The molecule has 0 aromatic heterocycles. The van der Waals surface area contributed by atoms with Crippen molar-refractivity contribution in [3.8, 4) is 0 Å². The van der Waals surface area contributed by atoms with Crippen LogP contribution in [0.2, 0.25) is 0 Å². The second kappa shape index (κ2) is 6.54. The average molecular weight is 251 g/mol. The number of ether oxygens (including phenoxy) is 2. The first kappa shape index (κ1) is 13.9. The van der Waals surface area contributed by atoms with Gasteiger partial charge in [-0.3, -0.25) is 0 Å². The van der Waals surface area contributed by atoms with E-state index in [0.717, 1.165) is 26.1 Å². The molecule has 0 aromatic rings. The Labute approximate surface area is 97.3 Å². The molecule has 2 N–H and O–H groups in total. The van der Waals surface area contributed by atoms with Gasteiger partial charge in [0.1, 0.15) is 0 Å². The van der Waals surface area contributed by atoms with E-state index in [1.165, 1.54) is 0 Å². The van der Waals surface area contributed by atoms with Crippen LogP contribution in [0.3, 0.4) is 0 Å². The summed E-state index contributed by atoms with van der Waals surface area (Å²) in [4.78, 5) is 0. The van der Waals surface area contributed by atoms with Crippen LogP contribution in [0.15, 0.2) is 0 Å². The summed E-state index contributed by atoms with van der Waals surface area (Å²) in [6.45, 7) is 4.59. The monoisotopic (exact) mass is 251 g/mol. The van der Waals surface area contributed by atoms with Crippen molar-refractivity contribution in [1.82, 2.24) is 0 Å². The molecule has 6 heteroatoms. The summed E-state index contributed by atoms with van der Waals surface area (Å²) in [6, 6.07) is 0. The topological polar surface area (TPSA) is 78.6 Å². The van der Waals surface area contributed by atoms with Crippen molar-refractivity contribution in [2.45, 2.75) is 19.8 Å². The number of sulfonamides is 1. The van der Waals surface area contributed by atoms with Gasteiger partial charge in [-0.05, 0) is 24.7 Å². The molecular formula is C10H21NO4S. The zero-order chi connectivity index (χ0) is 12.0. The second-order valence-corrected chi connectivity index (χ2v) is 6.19. The van der Waals surface area contributed by atoms with Crippen LogP contribution in [0.1, 0.15) is 19.8 Å². The fourth-order valence-corrected chi connectivity index (χ4v) is 2.68. The van der Waals surface area contributed by atoms with Crippen molar-refractivity contribution in [1.29, 1.82) is 0 Å². The summed E-state index contributed by atoms with van der Waals surface area (Å²) >= 11 is 0. The van der Waals surface area contributed by atoms with E-state index in [1.807, 2.05) is 6.92 Å². The van der Waals surface area contributed by atoms with Gasteiger partial charge < -0.3 is 9.47 Å². The minimum absolute atomic E-state index is 0.0131. The highest BCUT2D eigenvalue weighted by atomic mass is 32.2.